The Morgan fingerprint density at radius 1 is 1.60 bits per heavy atom. The molecule has 0 aliphatic carbocycles. The molecule has 0 aliphatic heterocycles. The van der Waals surface area contributed by atoms with E-state index in [0.717, 1.165) is 23.4 Å². The zero-order valence-electron chi connectivity index (χ0n) is 9.26. The number of aryl methyl sites for hydroxylation is 1. The number of nitrogens with one attached hydrogen (secondary N) is 2. The smallest absolute Gasteiger partial charge is 0.248 e. The van der Waals surface area contributed by atoms with Crippen molar-refractivity contribution in [2.45, 2.75) is 20.3 Å². The van der Waals surface area contributed by atoms with Gasteiger partial charge in [0.2, 0.25) is 5.56 Å². The first-order valence-electron chi connectivity index (χ1n) is 4.90. The normalized spacial score (nSPS) is 11.5. The van der Waals surface area contributed by atoms with Crippen LogP contribution < -0.4 is 11.0 Å². The Bertz CT molecular complexity index is 407. The quantitative estimate of drug-likeness (QED) is 0.736. The number of hydrogen-bond donors (Lipinski definition) is 2. The average molecular weight is 208 g/mol. The van der Waals surface area contributed by atoms with Gasteiger partial charge in [-0.1, -0.05) is 13.0 Å². The second kappa shape index (κ2) is 5.36. The Balaban J connectivity index is 3.17. The highest BCUT2D eigenvalue weighted by molar-refractivity contribution is 5.64. The monoisotopic (exact) mass is 208 g/mol. The number of rotatable bonds is 4. The van der Waals surface area contributed by atoms with E-state index in [9.17, 15) is 4.79 Å². The largest absolute Gasteiger partial charge is 0.326 e. The molecular formula is C11H16N2O2. The summed E-state index contributed by atoms with van der Waals surface area (Å²) in [4.78, 5) is 18.8. The molecule has 0 fully saturated rings. The average Bonchev–Trinajstić information content (AvgIpc) is 2.26. The van der Waals surface area contributed by atoms with Gasteiger partial charge in [0.15, 0.2) is 0 Å². The van der Waals surface area contributed by atoms with Crippen molar-refractivity contribution in [3.63, 3.8) is 0 Å². The Hall–Kier alpha value is -1.55. The lowest BCUT2D eigenvalue weighted by molar-refractivity contribution is 0.136. The minimum Gasteiger partial charge on any atom is -0.326 e. The summed E-state index contributed by atoms with van der Waals surface area (Å²) < 4.78 is 0. The Labute approximate surface area is 88.9 Å². The van der Waals surface area contributed by atoms with Crippen LogP contribution in [0.25, 0.3) is 5.70 Å². The zero-order chi connectivity index (χ0) is 11.3. The summed E-state index contributed by atoms with van der Waals surface area (Å²) in [6.07, 6.45) is 2.67. The van der Waals surface area contributed by atoms with Crippen molar-refractivity contribution in [3.8, 4) is 0 Å². The van der Waals surface area contributed by atoms with Crippen molar-refractivity contribution < 1.29 is 4.84 Å². The molecule has 2 N–H and O–H groups in total. The topological polar surface area (TPSA) is 54.1 Å². The van der Waals surface area contributed by atoms with Gasteiger partial charge in [0.25, 0.3) is 0 Å². The molecule has 82 valence electrons. The van der Waals surface area contributed by atoms with Crippen LogP contribution in [0.4, 0.5) is 0 Å². The van der Waals surface area contributed by atoms with Crippen molar-refractivity contribution in [3.05, 3.63) is 39.8 Å². The lowest BCUT2D eigenvalue weighted by Crippen LogP contribution is -2.15. The molecule has 0 aromatic carbocycles. The summed E-state index contributed by atoms with van der Waals surface area (Å²) in [6, 6.07) is 3.30. The van der Waals surface area contributed by atoms with Crippen LogP contribution >= 0.6 is 0 Å². The lowest BCUT2D eigenvalue weighted by Gasteiger charge is -2.11. The molecule has 1 heterocycles. The minimum absolute atomic E-state index is 0.0801. The van der Waals surface area contributed by atoms with E-state index in [4.69, 9.17) is 4.84 Å². The molecule has 0 amide bonds. The van der Waals surface area contributed by atoms with Gasteiger partial charge in [-0.25, -0.2) is 0 Å². The van der Waals surface area contributed by atoms with Crippen molar-refractivity contribution in [2.75, 3.05) is 7.11 Å². The standard InChI is InChI=1S/C11H16N2O2/c1-4-9-8(6-7-11(14)12-9)10(5-2)13-15-3/h5-7,13H,4H2,1-3H3,(H,12,14). The molecule has 0 saturated heterocycles. The summed E-state index contributed by atoms with van der Waals surface area (Å²) in [6.45, 7) is 3.90. The first kappa shape index (κ1) is 11.5. The van der Waals surface area contributed by atoms with Crippen LogP contribution in [0.1, 0.15) is 25.1 Å². The van der Waals surface area contributed by atoms with Crippen LogP contribution in [-0.4, -0.2) is 12.1 Å². The third-order valence-corrected chi connectivity index (χ3v) is 2.15. The summed E-state index contributed by atoms with van der Waals surface area (Å²) >= 11 is 0. The summed E-state index contributed by atoms with van der Waals surface area (Å²) in [5, 5.41) is 0. The fraction of sp³-hybridized carbons (Fsp3) is 0.364. The van der Waals surface area contributed by atoms with Crippen LogP contribution in [0.3, 0.4) is 0 Å². The van der Waals surface area contributed by atoms with Crippen molar-refractivity contribution >= 4 is 5.70 Å². The summed E-state index contributed by atoms with van der Waals surface area (Å²) in [7, 11) is 1.56. The fourth-order valence-corrected chi connectivity index (χ4v) is 1.43. The van der Waals surface area contributed by atoms with Gasteiger partial charge in [0, 0.05) is 17.3 Å². The van der Waals surface area contributed by atoms with Gasteiger partial charge in [0.1, 0.15) is 0 Å². The molecule has 1 rings (SSSR count). The molecule has 15 heavy (non-hydrogen) atoms. The zero-order valence-corrected chi connectivity index (χ0v) is 9.26. The molecule has 0 atom stereocenters. The van der Waals surface area contributed by atoms with E-state index in [-0.39, 0.29) is 5.56 Å². The van der Waals surface area contributed by atoms with Crippen LogP contribution in [0, 0.1) is 0 Å². The molecule has 4 nitrogen and oxygen atoms in total. The SMILES string of the molecule is CC=C(NOC)c1ccc(=O)[nH]c1CC. The molecule has 1 aromatic heterocycles. The molecule has 4 heteroatoms. The minimum atomic E-state index is -0.0801. The maximum atomic E-state index is 11.1. The second-order valence-corrected chi connectivity index (χ2v) is 3.08. The van der Waals surface area contributed by atoms with Gasteiger partial charge < -0.3 is 4.98 Å². The molecule has 0 radical (unpaired) electrons. The maximum Gasteiger partial charge on any atom is 0.248 e. The van der Waals surface area contributed by atoms with Gasteiger partial charge >= 0.3 is 0 Å². The molecule has 0 aliphatic rings. The van der Waals surface area contributed by atoms with Gasteiger partial charge in [-0.05, 0) is 19.4 Å². The number of aromatic nitrogens is 1. The van der Waals surface area contributed by atoms with E-state index < -0.39 is 0 Å². The van der Waals surface area contributed by atoms with E-state index in [1.165, 1.54) is 6.07 Å². The number of allylic oxidation sites excluding steroid dienone is 1. The Morgan fingerprint density at radius 2 is 2.33 bits per heavy atom. The van der Waals surface area contributed by atoms with Crippen LogP contribution in [0.2, 0.25) is 0 Å². The molecule has 1 aromatic rings. The molecule has 0 saturated carbocycles. The van der Waals surface area contributed by atoms with E-state index in [0.29, 0.717) is 0 Å². The van der Waals surface area contributed by atoms with Crippen molar-refractivity contribution in [2.24, 2.45) is 0 Å². The highest BCUT2D eigenvalue weighted by atomic mass is 16.6. The fourth-order valence-electron chi connectivity index (χ4n) is 1.43. The van der Waals surface area contributed by atoms with Gasteiger partial charge in [-0.2, -0.15) is 0 Å². The molecule has 0 bridgehead atoms. The summed E-state index contributed by atoms with van der Waals surface area (Å²) in [5.41, 5.74) is 5.42. The predicted octanol–water partition coefficient (Wildman–Crippen LogP) is 1.45. The van der Waals surface area contributed by atoms with E-state index >= 15 is 0 Å². The summed E-state index contributed by atoms with van der Waals surface area (Å²) in [5.74, 6) is 0. The molecule has 0 spiro atoms. The van der Waals surface area contributed by atoms with Crippen molar-refractivity contribution in [1.82, 2.24) is 10.5 Å². The second-order valence-electron chi connectivity index (χ2n) is 3.08. The van der Waals surface area contributed by atoms with Crippen LogP contribution in [0.5, 0.6) is 0 Å². The Morgan fingerprint density at radius 3 is 2.87 bits per heavy atom. The number of aromatic amines is 1. The van der Waals surface area contributed by atoms with Crippen molar-refractivity contribution in [1.29, 1.82) is 0 Å². The highest BCUT2D eigenvalue weighted by Gasteiger charge is 2.06. The van der Waals surface area contributed by atoms with Crippen LogP contribution in [0.15, 0.2) is 23.0 Å². The van der Waals surface area contributed by atoms with E-state index in [2.05, 4.69) is 10.5 Å². The Kier molecular flexibility index (Phi) is 4.12. The molecular weight excluding hydrogens is 192 g/mol. The lowest BCUT2D eigenvalue weighted by atomic mass is 10.1. The third-order valence-electron chi connectivity index (χ3n) is 2.15. The number of hydrogen-bond acceptors (Lipinski definition) is 3. The maximum absolute atomic E-state index is 11.1. The van der Waals surface area contributed by atoms with Gasteiger partial charge in [-0.15, -0.1) is 0 Å². The highest BCUT2D eigenvalue weighted by Crippen LogP contribution is 2.14. The van der Waals surface area contributed by atoms with Crippen LogP contribution in [-0.2, 0) is 11.3 Å². The number of pyridine rings is 1. The first-order valence-corrected chi connectivity index (χ1v) is 4.90. The molecule has 0 unspecified atom stereocenters. The van der Waals surface area contributed by atoms with Gasteiger partial charge in [-0.3, -0.25) is 15.1 Å². The van der Waals surface area contributed by atoms with E-state index in [1.54, 1.807) is 13.2 Å². The van der Waals surface area contributed by atoms with Gasteiger partial charge in [0.05, 0.1) is 12.8 Å². The number of H-pyrrole nitrogens is 1. The third kappa shape index (κ3) is 2.70. The predicted molar refractivity (Wildman–Crippen MR) is 60.2 cm³/mol. The first-order chi connectivity index (χ1) is 7.22. The number of hydroxylamine groups is 1. The van der Waals surface area contributed by atoms with E-state index in [1.807, 2.05) is 19.9 Å².